The Morgan fingerprint density at radius 1 is 1.40 bits per heavy atom. The molecule has 1 N–H and O–H groups in total. The molecule has 1 aromatic heterocycles. The second kappa shape index (κ2) is 6.07. The quantitative estimate of drug-likeness (QED) is 0.896. The summed E-state index contributed by atoms with van der Waals surface area (Å²) in [6.07, 6.45) is 5.04. The summed E-state index contributed by atoms with van der Waals surface area (Å²) in [5.74, 6) is 0.711. The molecular formula is C14H22N4O2. The summed E-state index contributed by atoms with van der Waals surface area (Å²) in [6, 6.07) is 1.87. The van der Waals surface area contributed by atoms with Crippen LogP contribution in [-0.4, -0.2) is 40.8 Å². The lowest BCUT2D eigenvalue weighted by atomic mass is 10.1. The number of rotatable bonds is 2. The number of piperidine rings is 1. The number of amides is 1. The van der Waals surface area contributed by atoms with E-state index in [2.05, 4.69) is 20.2 Å². The van der Waals surface area contributed by atoms with Crippen molar-refractivity contribution < 1.29 is 9.53 Å². The fraction of sp³-hybridized carbons (Fsp3) is 0.643. The van der Waals surface area contributed by atoms with Gasteiger partial charge in [0.15, 0.2) is 0 Å². The Bertz CT molecular complexity index is 444. The third-order valence-electron chi connectivity index (χ3n) is 2.98. The van der Waals surface area contributed by atoms with Gasteiger partial charge in [-0.1, -0.05) is 0 Å². The maximum absolute atomic E-state index is 11.8. The second-order valence-corrected chi connectivity index (χ2v) is 5.98. The second-order valence-electron chi connectivity index (χ2n) is 5.98. The molecule has 2 rings (SSSR count). The van der Waals surface area contributed by atoms with Crippen LogP contribution >= 0.6 is 0 Å². The van der Waals surface area contributed by atoms with Crippen LogP contribution in [0.15, 0.2) is 18.5 Å². The van der Waals surface area contributed by atoms with E-state index in [0.29, 0.717) is 12.5 Å². The summed E-state index contributed by atoms with van der Waals surface area (Å²) in [5.41, 5.74) is -0.471. The zero-order valence-corrected chi connectivity index (χ0v) is 12.3. The number of ether oxygens (including phenoxy) is 1. The van der Waals surface area contributed by atoms with Gasteiger partial charge >= 0.3 is 6.09 Å². The molecule has 0 radical (unpaired) electrons. The molecule has 6 nitrogen and oxygen atoms in total. The van der Waals surface area contributed by atoms with Crippen molar-refractivity contribution >= 4 is 12.0 Å². The minimum absolute atomic E-state index is 0.0717. The van der Waals surface area contributed by atoms with Crippen LogP contribution in [0, 0.1) is 0 Å². The molecule has 1 saturated heterocycles. The van der Waals surface area contributed by atoms with Crippen LogP contribution in [0.25, 0.3) is 0 Å². The van der Waals surface area contributed by atoms with Crippen LogP contribution < -0.4 is 10.2 Å². The van der Waals surface area contributed by atoms with Gasteiger partial charge in [-0.05, 0) is 39.7 Å². The Hall–Kier alpha value is -1.85. The molecule has 0 spiro atoms. The van der Waals surface area contributed by atoms with Crippen LogP contribution in [0.3, 0.4) is 0 Å². The fourth-order valence-electron chi connectivity index (χ4n) is 2.21. The minimum atomic E-state index is -0.471. The molecule has 0 bridgehead atoms. The summed E-state index contributed by atoms with van der Waals surface area (Å²) >= 11 is 0. The third kappa shape index (κ3) is 4.36. The molecule has 6 heteroatoms. The van der Waals surface area contributed by atoms with Crippen molar-refractivity contribution in [3.05, 3.63) is 18.5 Å². The lowest BCUT2D eigenvalue weighted by Crippen LogP contribution is -2.49. The van der Waals surface area contributed by atoms with E-state index in [9.17, 15) is 4.79 Å². The van der Waals surface area contributed by atoms with E-state index in [1.54, 1.807) is 18.5 Å². The van der Waals surface area contributed by atoms with E-state index in [0.717, 1.165) is 19.4 Å². The molecule has 0 aromatic carbocycles. The molecule has 0 saturated carbocycles. The topological polar surface area (TPSA) is 67.3 Å². The first-order chi connectivity index (χ1) is 9.44. The highest BCUT2D eigenvalue weighted by Crippen LogP contribution is 2.16. The first kappa shape index (κ1) is 14.6. The van der Waals surface area contributed by atoms with Crippen LogP contribution in [0.4, 0.5) is 10.7 Å². The molecule has 0 aliphatic carbocycles. The zero-order valence-electron chi connectivity index (χ0n) is 12.3. The smallest absolute Gasteiger partial charge is 0.407 e. The number of nitrogens with zero attached hydrogens (tertiary/aromatic N) is 3. The zero-order chi connectivity index (χ0) is 14.6. The Kier molecular flexibility index (Phi) is 4.42. The highest BCUT2D eigenvalue weighted by Gasteiger charge is 2.25. The van der Waals surface area contributed by atoms with Crippen molar-refractivity contribution in [3.8, 4) is 0 Å². The van der Waals surface area contributed by atoms with Gasteiger partial charge in [0.25, 0.3) is 0 Å². The molecule has 1 aliphatic heterocycles. The standard InChI is InChI=1S/C14H22N4O2/c1-14(2,3)20-13(19)17-11-6-4-9-18(10-11)12-15-7-5-8-16-12/h5,7-8,11H,4,6,9-10H2,1-3H3,(H,17,19)/t11-/m1/s1. The largest absolute Gasteiger partial charge is 0.444 e. The number of carbonyl (C=O) groups is 1. The predicted molar refractivity (Wildman–Crippen MR) is 76.6 cm³/mol. The number of anilines is 1. The predicted octanol–water partition coefficient (Wildman–Crippen LogP) is 1.97. The summed E-state index contributed by atoms with van der Waals surface area (Å²) in [5, 5.41) is 2.92. The summed E-state index contributed by atoms with van der Waals surface area (Å²) in [6.45, 7) is 7.20. The minimum Gasteiger partial charge on any atom is -0.444 e. The van der Waals surface area contributed by atoms with Crippen LogP contribution in [-0.2, 0) is 4.74 Å². The molecule has 110 valence electrons. The molecule has 20 heavy (non-hydrogen) atoms. The monoisotopic (exact) mass is 278 g/mol. The van der Waals surface area contributed by atoms with E-state index in [1.165, 1.54) is 0 Å². The number of carbonyl (C=O) groups excluding carboxylic acids is 1. The Morgan fingerprint density at radius 2 is 2.10 bits per heavy atom. The number of hydrogen-bond acceptors (Lipinski definition) is 5. The number of aromatic nitrogens is 2. The average Bonchev–Trinajstić information content (AvgIpc) is 2.38. The third-order valence-corrected chi connectivity index (χ3v) is 2.98. The molecule has 1 atom stereocenters. The van der Waals surface area contributed by atoms with Gasteiger partial charge in [-0.3, -0.25) is 0 Å². The van der Waals surface area contributed by atoms with Gasteiger partial charge in [0, 0.05) is 31.5 Å². The van der Waals surface area contributed by atoms with Crippen LogP contribution in [0.1, 0.15) is 33.6 Å². The van der Waals surface area contributed by atoms with Crippen molar-refractivity contribution in [3.63, 3.8) is 0 Å². The number of alkyl carbamates (subject to hydrolysis) is 1. The maximum Gasteiger partial charge on any atom is 0.407 e. The molecule has 1 fully saturated rings. The Morgan fingerprint density at radius 3 is 2.75 bits per heavy atom. The Balaban J connectivity index is 1.89. The van der Waals surface area contributed by atoms with Crippen LogP contribution in [0.2, 0.25) is 0 Å². The van der Waals surface area contributed by atoms with Gasteiger partial charge < -0.3 is 15.0 Å². The first-order valence-corrected chi connectivity index (χ1v) is 6.95. The normalized spacial score (nSPS) is 19.6. The molecular weight excluding hydrogens is 256 g/mol. The molecule has 1 aliphatic rings. The van der Waals surface area contributed by atoms with Crippen molar-refractivity contribution in [1.82, 2.24) is 15.3 Å². The highest BCUT2D eigenvalue weighted by atomic mass is 16.6. The van der Waals surface area contributed by atoms with Gasteiger partial charge in [0.05, 0.1) is 0 Å². The number of hydrogen-bond donors (Lipinski definition) is 1. The van der Waals surface area contributed by atoms with E-state index < -0.39 is 5.60 Å². The number of nitrogens with one attached hydrogen (secondary N) is 1. The van der Waals surface area contributed by atoms with Gasteiger partial charge in [0.1, 0.15) is 5.60 Å². The molecule has 0 unspecified atom stereocenters. The van der Waals surface area contributed by atoms with E-state index in [1.807, 2.05) is 20.8 Å². The summed E-state index contributed by atoms with van der Waals surface area (Å²) in [7, 11) is 0. The molecule has 1 amide bonds. The summed E-state index contributed by atoms with van der Waals surface area (Å²) < 4.78 is 5.28. The lowest BCUT2D eigenvalue weighted by molar-refractivity contribution is 0.0500. The Labute approximate surface area is 119 Å². The van der Waals surface area contributed by atoms with Crippen LogP contribution in [0.5, 0.6) is 0 Å². The van der Waals surface area contributed by atoms with Crippen molar-refractivity contribution in [1.29, 1.82) is 0 Å². The van der Waals surface area contributed by atoms with Crippen molar-refractivity contribution in [2.75, 3.05) is 18.0 Å². The summed E-state index contributed by atoms with van der Waals surface area (Å²) in [4.78, 5) is 22.4. The van der Waals surface area contributed by atoms with Gasteiger partial charge in [-0.25, -0.2) is 14.8 Å². The maximum atomic E-state index is 11.8. The van der Waals surface area contributed by atoms with E-state index in [-0.39, 0.29) is 12.1 Å². The van der Waals surface area contributed by atoms with Gasteiger partial charge in [-0.2, -0.15) is 0 Å². The first-order valence-electron chi connectivity index (χ1n) is 6.95. The molecule has 2 heterocycles. The average molecular weight is 278 g/mol. The molecule has 1 aromatic rings. The van der Waals surface area contributed by atoms with E-state index in [4.69, 9.17) is 4.74 Å². The van der Waals surface area contributed by atoms with Gasteiger partial charge in [-0.15, -0.1) is 0 Å². The van der Waals surface area contributed by atoms with Gasteiger partial charge in [0.2, 0.25) is 5.95 Å². The SMILES string of the molecule is CC(C)(C)OC(=O)N[C@@H]1CCCN(c2ncccn2)C1. The highest BCUT2D eigenvalue weighted by molar-refractivity contribution is 5.68. The fourth-order valence-corrected chi connectivity index (χ4v) is 2.21. The lowest BCUT2D eigenvalue weighted by Gasteiger charge is -2.33. The van der Waals surface area contributed by atoms with Crippen molar-refractivity contribution in [2.24, 2.45) is 0 Å². The van der Waals surface area contributed by atoms with Crippen molar-refractivity contribution in [2.45, 2.75) is 45.3 Å². The van der Waals surface area contributed by atoms with E-state index >= 15 is 0 Å².